The van der Waals surface area contributed by atoms with E-state index in [1.807, 2.05) is 6.92 Å². The molecule has 74 valence electrons. The van der Waals surface area contributed by atoms with Gasteiger partial charge in [0.25, 0.3) is 0 Å². The van der Waals surface area contributed by atoms with Gasteiger partial charge in [-0.1, -0.05) is 6.42 Å². The van der Waals surface area contributed by atoms with Crippen molar-refractivity contribution in [2.45, 2.75) is 26.2 Å². The quantitative estimate of drug-likeness (QED) is 0.677. The van der Waals surface area contributed by atoms with E-state index in [0.717, 1.165) is 6.42 Å². The topological polar surface area (TPSA) is 66.4 Å². The summed E-state index contributed by atoms with van der Waals surface area (Å²) in [6, 6.07) is 0. The average molecular weight is 185 g/mol. The highest BCUT2D eigenvalue weighted by molar-refractivity contribution is 5.85. The molecule has 4 heteroatoms. The Hall–Kier alpha value is -1.06. The second-order valence-corrected chi connectivity index (χ2v) is 3.38. The predicted molar refractivity (Wildman–Crippen MR) is 47.2 cm³/mol. The van der Waals surface area contributed by atoms with E-state index in [2.05, 4.69) is 5.32 Å². The van der Waals surface area contributed by atoms with E-state index in [-0.39, 0.29) is 11.8 Å². The Kier molecular flexibility index (Phi) is 3.28. The number of carboxylic acids is 1. The molecule has 4 nitrogen and oxygen atoms in total. The average Bonchev–Trinajstić information content (AvgIpc) is 2.52. The number of amides is 1. The van der Waals surface area contributed by atoms with E-state index in [9.17, 15) is 9.59 Å². The fourth-order valence-electron chi connectivity index (χ4n) is 1.87. The highest BCUT2D eigenvalue weighted by Gasteiger charge is 2.37. The first-order valence-electron chi connectivity index (χ1n) is 4.67. The summed E-state index contributed by atoms with van der Waals surface area (Å²) in [5.41, 5.74) is 0. The number of aliphatic carboxylic acids is 1. The SMILES string of the molecule is CCNC(=O)C1CCCC1C(=O)O. The van der Waals surface area contributed by atoms with Gasteiger partial charge >= 0.3 is 5.97 Å². The molecular formula is C9H15NO3. The summed E-state index contributed by atoms with van der Waals surface area (Å²) in [4.78, 5) is 22.1. The first-order valence-corrected chi connectivity index (χ1v) is 4.67. The lowest BCUT2D eigenvalue weighted by molar-refractivity contribution is -0.146. The summed E-state index contributed by atoms with van der Waals surface area (Å²) in [7, 11) is 0. The predicted octanol–water partition coefficient (Wildman–Crippen LogP) is 0.623. The van der Waals surface area contributed by atoms with Crippen LogP contribution < -0.4 is 5.32 Å². The maximum atomic E-state index is 11.4. The van der Waals surface area contributed by atoms with E-state index in [1.165, 1.54) is 0 Å². The van der Waals surface area contributed by atoms with Crippen molar-refractivity contribution in [2.75, 3.05) is 6.54 Å². The van der Waals surface area contributed by atoms with Crippen LogP contribution in [0.4, 0.5) is 0 Å². The van der Waals surface area contributed by atoms with Crippen LogP contribution in [0, 0.1) is 11.8 Å². The lowest BCUT2D eigenvalue weighted by Gasteiger charge is -2.14. The van der Waals surface area contributed by atoms with Crippen molar-refractivity contribution < 1.29 is 14.7 Å². The third kappa shape index (κ3) is 2.20. The minimum absolute atomic E-state index is 0.104. The zero-order valence-electron chi connectivity index (χ0n) is 7.75. The van der Waals surface area contributed by atoms with Gasteiger partial charge in [0, 0.05) is 6.54 Å². The van der Waals surface area contributed by atoms with Gasteiger partial charge in [-0.05, 0) is 19.8 Å². The molecule has 1 fully saturated rings. The third-order valence-corrected chi connectivity index (χ3v) is 2.52. The number of carboxylic acid groups (broad SMARTS) is 1. The van der Waals surface area contributed by atoms with Crippen LogP contribution in [0.5, 0.6) is 0 Å². The Morgan fingerprint density at radius 1 is 1.38 bits per heavy atom. The summed E-state index contributed by atoms with van der Waals surface area (Å²) in [6.45, 7) is 2.41. The first-order chi connectivity index (χ1) is 6.16. The minimum Gasteiger partial charge on any atom is -0.481 e. The lowest BCUT2D eigenvalue weighted by Crippen LogP contribution is -2.35. The third-order valence-electron chi connectivity index (χ3n) is 2.52. The molecule has 0 radical (unpaired) electrons. The van der Waals surface area contributed by atoms with E-state index in [0.29, 0.717) is 19.4 Å². The number of rotatable bonds is 3. The van der Waals surface area contributed by atoms with Gasteiger partial charge in [0.05, 0.1) is 11.8 Å². The molecule has 0 bridgehead atoms. The number of hydrogen-bond acceptors (Lipinski definition) is 2. The fourth-order valence-corrected chi connectivity index (χ4v) is 1.87. The Morgan fingerprint density at radius 2 is 2.00 bits per heavy atom. The van der Waals surface area contributed by atoms with Crippen LogP contribution in [0.2, 0.25) is 0 Å². The number of carbonyl (C=O) groups excluding carboxylic acids is 1. The van der Waals surface area contributed by atoms with E-state index >= 15 is 0 Å². The van der Waals surface area contributed by atoms with E-state index in [1.54, 1.807) is 0 Å². The molecule has 0 aromatic heterocycles. The Morgan fingerprint density at radius 3 is 2.54 bits per heavy atom. The van der Waals surface area contributed by atoms with Crippen LogP contribution in [-0.4, -0.2) is 23.5 Å². The molecule has 2 unspecified atom stereocenters. The standard InChI is InChI=1S/C9H15NO3/c1-2-10-8(11)6-4-3-5-7(6)9(12)13/h6-7H,2-5H2,1H3,(H,10,11)(H,12,13). The molecule has 0 spiro atoms. The Bertz CT molecular complexity index is 215. The molecule has 2 N–H and O–H groups in total. The largest absolute Gasteiger partial charge is 0.481 e. The first kappa shape index (κ1) is 10.0. The summed E-state index contributed by atoms with van der Waals surface area (Å²) in [6.07, 6.45) is 2.19. The molecule has 1 aliphatic rings. The van der Waals surface area contributed by atoms with Gasteiger partial charge in [-0.2, -0.15) is 0 Å². The van der Waals surface area contributed by atoms with Crippen molar-refractivity contribution in [3.8, 4) is 0 Å². The Labute approximate surface area is 77.3 Å². The molecule has 1 saturated carbocycles. The fraction of sp³-hybridized carbons (Fsp3) is 0.778. The minimum atomic E-state index is -0.839. The van der Waals surface area contributed by atoms with Gasteiger partial charge in [0.2, 0.25) is 5.91 Å². The molecule has 2 atom stereocenters. The highest BCUT2D eigenvalue weighted by atomic mass is 16.4. The van der Waals surface area contributed by atoms with Crippen molar-refractivity contribution in [3.63, 3.8) is 0 Å². The highest BCUT2D eigenvalue weighted by Crippen LogP contribution is 2.31. The van der Waals surface area contributed by atoms with Crippen LogP contribution in [0.1, 0.15) is 26.2 Å². The molecule has 0 aromatic rings. The van der Waals surface area contributed by atoms with Crippen molar-refractivity contribution in [3.05, 3.63) is 0 Å². The molecule has 0 heterocycles. The van der Waals surface area contributed by atoms with E-state index < -0.39 is 11.9 Å². The summed E-state index contributed by atoms with van der Waals surface area (Å²) >= 11 is 0. The second-order valence-electron chi connectivity index (χ2n) is 3.38. The normalized spacial score (nSPS) is 27.2. The van der Waals surface area contributed by atoms with Crippen molar-refractivity contribution in [2.24, 2.45) is 11.8 Å². The van der Waals surface area contributed by atoms with Gasteiger partial charge in [-0.25, -0.2) is 0 Å². The zero-order chi connectivity index (χ0) is 9.84. The van der Waals surface area contributed by atoms with Crippen LogP contribution in [0.15, 0.2) is 0 Å². The lowest BCUT2D eigenvalue weighted by atomic mass is 9.95. The second kappa shape index (κ2) is 4.25. The number of carbonyl (C=O) groups is 2. The molecule has 0 saturated heterocycles. The smallest absolute Gasteiger partial charge is 0.307 e. The maximum Gasteiger partial charge on any atom is 0.307 e. The van der Waals surface area contributed by atoms with Gasteiger partial charge in [-0.3, -0.25) is 9.59 Å². The van der Waals surface area contributed by atoms with E-state index in [4.69, 9.17) is 5.11 Å². The van der Waals surface area contributed by atoms with Crippen molar-refractivity contribution in [1.29, 1.82) is 0 Å². The van der Waals surface area contributed by atoms with Gasteiger partial charge < -0.3 is 10.4 Å². The van der Waals surface area contributed by atoms with Crippen molar-refractivity contribution >= 4 is 11.9 Å². The van der Waals surface area contributed by atoms with Crippen LogP contribution in [0.25, 0.3) is 0 Å². The van der Waals surface area contributed by atoms with Crippen LogP contribution in [-0.2, 0) is 9.59 Å². The molecule has 1 rings (SSSR count). The van der Waals surface area contributed by atoms with Crippen molar-refractivity contribution in [1.82, 2.24) is 5.32 Å². The monoisotopic (exact) mass is 185 g/mol. The summed E-state index contributed by atoms with van der Waals surface area (Å²) in [5, 5.41) is 11.5. The molecule has 13 heavy (non-hydrogen) atoms. The zero-order valence-corrected chi connectivity index (χ0v) is 7.75. The maximum absolute atomic E-state index is 11.4. The molecule has 1 aliphatic carbocycles. The van der Waals surface area contributed by atoms with Gasteiger partial charge in [0.15, 0.2) is 0 Å². The Balaban J connectivity index is 2.57. The molecule has 1 amide bonds. The summed E-state index contributed by atoms with van der Waals surface area (Å²) in [5.74, 6) is -1.72. The molecular weight excluding hydrogens is 170 g/mol. The van der Waals surface area contributed by atoms with Gasteiger partial charge in [-0.15, -0.1) is 0 Å². The number of nitrogens with one attached hydrogen (secondary N) is 1. The number of hydrogen-bond donors (Lipinski definition) is 2. The van der Waals surface area contributed by atoms with Crippen LogP contribution in [0.3, 0.4) is 0 Å². The summed E-state index contributed by atoms with van der Waals surface area (Å²) < 4.78 is 0. The van der Waals surface area contributed by atoms with Gasteiger partial charge in [0.1, 0.15) is 0 Å². The van der Waals surface area contributed by atoms with Crippen LogP contribution >= 0.6 is 0 Å². The molecule has 0 aromatic carbocycles. The molecule has 0 aliphatic heterocycles.